The summed E-state index contributed by atoms with van der Waals surface area (Å²) in [6.07, 6.45) is 3.49. The molecule has 1 amide bonds. The van der Waals surface area contributed by atoms with Crippen molar-refractivity contribution in [3.8, 4) is 16.9 Å². The van der Waals surface area contributed by atoms with Crippen LogP contribution in [0.1, 0.15) is 15.9 Å². The highest BCUT2D eigenvalue weighted by Crippen LogP contribution is 2.22. The monoisotopic (exact) mass is 381 g/mol. The molecule has 142 valence electrons. The Hall–Kier alpha value is -4.19. The number of nitrogen functional groups attached to an aromatic ring is 1. The van der Waals surface area contributed by atoms with E-state index in [1.165, 1.54) is 0 Å². The molecule has 0 atom stereocenters. The maximum Gasteiger partial charge on any atom is 0.271 e. The lowest BCUT2D eigenvalue weighted by atomic mass is 10.1. The van der Waals surface area contributed by atoms with Crippen LogP contribution in [0, 0.1) is 0 Å². The van der Waals surface area contributed by atoms with Crippen molar-refractivity contribution < 1.29 is 4.79 Å². The number of amides is 1. The Balaban J connectivity index is 1.61. The largest absolute Gasteiger partial charge is 0.399 e. The third-order valence-corrected chi connectivity index (χ3v) is 4.35. The molecule has 0 fully saturated rings. The average Bonchev–Trinajstić information content (AvgIpc) is 3.19. The predicted octanol–water partition coefficient (Wildman–Crippen LogP) is 3.89. The highest BCUT2D eigenvalue weighted by molar-refractivity contribution is 5.95. The molecule has 0 aliphatic heterocycles. The number of para-hydroxylation sites is 1. The minimum atomic E-state index is -0.307. The minimum Gasteiger partial charge on any atom is -0.399 e. The molecule has 0 radical (unpaired) electrons. The Morgan fingerprint density at radius 3 is 2.28 bits per heavy atom. The maximum absolute atomic E-state index is 12.2. The number of nitrogens with two attached hydrogens (primary N) is 1. The van der Waals surface area contributed by atoms with Crippen molar-refractivity contribution in [2.75, 3.05) is 5.73 Å². The van der Waals surface area contributed by atoms with Gasteiger partial charge in [0, 0.05) is 28.6 Å². The highest BCUT2D eigenvalue weighted by atomic mass is 16.2. The molecule has 3 N–H and O–H groups in total. The average molecular weight is 381 g/mol. The second kappa shape index (κ2) is 8.22. The summed E-state index contributed by atoms with van der Waals surface area (Å²) < 4.78 is 1.80. The summed E-state index contributed by atoms with van der Waals surface area (Å²) in [7, 11) is 0. The first-order valence-corrected chi connectivity index (χ1v) is 9.10. The van der Waals surface area contributed by atoms with Gasteiger partial charge in [-0.05, 0) is 36.4 Å². The standard InChI is InChI=1S/C23H19N5O/c24-20-13-11-18(12-14-20)23(29)26-25-15-19-16-28(21-9-5-2-6-10-21)27-22(19)17-7-3-1-4-8-17/h1-16H,24H2,(H,26,29)/b25-15-. The molecule has 0 bridgehead atoms. The second-order valence-corrected chi connectivity index (χ2v) is 6.40. The molecule has 6 nitrogen and oxygen atoms in total. The van der Waals surface area contributed by atoms with Crippen molar-refractivity contribution in [2.45, 2.75) is 0 Å². The van der Waals surface area contributed by atoms with Crippen LogP contribution in [-0.2, 0) is 0 Å². The number of nitrogens with one attached hydrogen (secondary N) is 1. The number of hydrogen-bond acceptors (Lipinski definition) is 4. The van der Waals surface area contributed by atoms with Gasteiger partial charge in [0.2, 0.25) is 0 Å². The topological polar surface area (TPSA) is 85.3 Å². The van der Waals surface area contributed by atoms with Crippen LogP contribution in [0.2, 0.25) is 0 Å². The van der Waals surface area contributed by atoms with Crippen LogP contribution in [0.3, 0.4) is 0 Å². The lowest BCUT2D eigenvalue weighted by Gasteiger charge is -2.01. The van der Waals surface area contributed by atoms with Gasteiger partial charge in [0.05, 0.1) is 11.9 Å². The predicted molar refractivity (Wildman–Crippen MR) is 115 cm³/mol. The fraction of sp³-hybridized carbons (Fsp3) is 0. The molecule has 0 aliphatic rings. The van der Waals surface area contributed by atoms with E-state index < -0.39 is 0 Å². The summed E-state index contributed by atoms with van der Waals surface area (Å²) >= 11 is 0. The molecule has 1 heterocycles. The summed E-state index contributed by atoms with van der Waals surface area (Å²) in [6, 6.07) is 26.3. The van der Waals surface area contributed by atoms with E-state index >= 15 is 0 Å². The summed E-state index contributed by atoms with van der Waals surface area (Å²) in [6.45, 7) is 0. The van der Waals surface area contributed by atoms with Gasteiger partial charge in [-0.15, -0.1) is 0 Å². The molecule has 0 aliphatic carbocycles. The van der Waals surface area contributed by atoms with E-state index in [1.54, 1.807) is 35.2 Å². The normalized spacial score (nSPS) is 10.9. The Kier molecular flexibility index (Phi) is 5.16. The molecule has 0 saturated heterocycles. The third kappa shape index (κ3) is 4.22. The number of aromatic nitrogens is 2. The number of hydrazone groups is 1. The molecule has 3 aromatic carbocycles. The molecule has 0 spiro atoms. The lowest BCUT2D eigenvalue weighted by Crippen LogP contribution is -2.17. The van der Waals surface area contributed by atoms with E-state index in [9.17, 15) is 4.79 Å². The van der Waals surface area contributed by atoms with Crippen LogP contribution in [0.15, 0.2) is 96.2 Å². The first-order chi connectivity index (χ1) is 14.2. The van der Waals surface area contributed by atoms with Crippen LogP contribution in [0.5, 0.6) is 0 Å². The van der Waals surface area contributed by atoms with E-state index in [4.69, 9.17) is 10.8 Å². The van der Waals surface area contributed by atoms with Crippen molar-refractivity contribution >= 4 is 17.8 Å². The minimum absolute atomic E-state index is 0.307. The van der Waals surface area contributed by atoms with Crippen molar-refractivity contribution in [1.82, 2.24) is 15.2 Å². The summed E-state index contributed by atoms with van der Waals surface area (Å²) in [5, 5.41) is 8.84. The summed E-state index contributed by atoms with van der Waals surface area (Å²) in [4.78, 5) is 12.2. The lowest BCUT2D eigenvalue weighted by molar-refractivity contribution is 0.0955. The van der Waals surface area contributed by atoms with E-state index in [2.05, 4.69) is 10.5 Å². The van der Waals surface area contributed by atoms with Gasteiger partial charge in [0.15, 0.2) is 0 Å². The van der Waals surface area contributed by atoms with Crippen molar-refractivity contribution in [3.63, 3.8) is 0 Å². The molecular formula is C23H19N5O. The zero-order chi connectivity index (χ0) is 20.1. The number of carbonyl (C=O) groups is 1. The molecular weight excluding hydrogens is 362 g/mol. The zero-order valence-electron chi connectivity index (χ0n) is 15.6. The number of benzene rings is 3. The zero-order valence-corrected chi connectivity index (χ0v) is 15.6. The van der Waals surface area contributed by atoms with Gasteiger partial charge in [-0.2, -0.15) is 10.2 Å². The van der Waals surface area contributed by atoms with Gasteiger partial charge < -0.3 is 5.73 Å². The van der Waals surface area contributed by atoms with Gasteiger partial charge in [-0.3, -0.25) is 4.79 Å². The Labute approximate surface area is 168 Å². The van der Waals surface area contributed by atoms with Gasteiger partial charge in [0.1, 0.15) is 5.69 Å². The first-order valence-electron chi connectivity index (χ1n) is 9.10. The van der Waals surface area contributed by atoms with Crippen LogP contribution in [0.25, 0.3) is 16.9 Å². The first kappa shape index (κ1) is 18.2. The molecule has 1 aromatic heterocycles. The molecule has 4 rings (SSSR count). The van der Waals surface area contributed by atoms with E-state index in [-0.39, 0.29) is 5.91 Å². The quantitative estimate of drug-likeness (QED) is 0.312. The number of hydrogen-bond donors (Lipinski definition) is 2. The van der Waals surface area contributed by atoms with E-state index in [1.807, 2.05) is 66.9 Å². The van der Waals surface area contributed by atoms with Crippen LogP contribution < -0.4 is 11.2 Å². The Morgan fingerprint density at radius 2 is 1.59 bits per heavy atom. The SMILES string of the molecule is Nc1ccc(C(=O)N/N=C\c2cn(-c3ccccc3)nc2-c2ccccc2)cc1. The molecule has 0 unspecified atom stereocenters. The molecule has 29 heavy (non-hydrogen) atoms. The van der Waals surface area contributed by atoms with E-state index in [0.717, 1.165) is 22.5 Å². The fourth-order valence-corrected chi connectivity index (χ4v) is 2.87. The number of nitrogens with zero attached hydrogens (tertiary/aromatic N) is 3. The van der Waals surface area contributed by atoms with Crippen LogP contribution >= 0.6 is 0 Å². The smallest absolute Gasteiger partial charge is 0.271 e. The Morgan fingerprint density at radius 1 is 0.931 bits per heavy atom. The molecule has 6 heteroatoms. The van der Waals surface area contributed by atoms with Gasteiger partial charge in [-0.1, -0.05) is 48.5 Å². The summed E-state index contributed by atoms with van der Waals surface area (Å²) in [5.74, 6) is -0.307. The van der Waals surface area contributed by atoms with Crippen molar-refractivity contribution in [3.05, 3.63) is 102 Å². The highest BCUT2D eigenvalue weighted by Gasteiger charge is 2.11. The van der Waals surface area contributed by atoms with Crippen LogP contribution in [-0.4, -0.2) is 21.9 Å². The number of rotatable bonds is 5. The van der Waals surface area contributed by atoms with Crippen molar-refractivity contribution in [2.24, 2.45) is 5.10 Å². The fourth-order valence-electron chi connectivity index (χ4n) is 2.87. The second-order valence-electron chi connectivity index (χ2n) is 6.40. The maximum atomic E-state index is 12.2. The van der Waals surface area contributed by atoms with Gasteiger partial charge in [-0.25, -0.2) is 10.1 Å². The molecule has 4 aromatic rings. The summed E-state index contributed by atoms with van der Waals surface area (Å²) in [5.41, 5.74) is 12.8. The van der Waals surface area contributed by atoms with Crippen molar-refractivity contribution in [1.29, 1.82) is 0 Å². The molecule has 0 saturated carbocycles. The van der Waals surface area contributed by atoms with Crippen LogP contribution in [0.4, 0.5) is 5.69 Å². The Bertz CT molecular complexity index is 1130. The number of carbonyl (C=O) groups excluding carboxylic acids is 1. The van der Waals surface area contributed by atoms with Gasteiger partial charge in [0.25, 0.3) is 5.91 Å². The third-order valence-electron chi connectivity index (χ3n) is 4.35. The van der Waals surface area contributed by atoms with E-state index in [0.29, 0.717) is 11.3 Å². The number of anilines is 1. The van der Waals surface area contributed by atoms with Gasteiger partial charge >= 0.3 is 0 Å².